The summed E-state index contributed by atoms with van der Waals surface area (Å²) in [5, 5.41) is 2.93. The molecule has 0 unspecified atom stereocenters. The second-order valence-electron chi connectivity index (χ2n) is 5.83. The Morgan fingerprint density at radius 3 is 2.71 bits per heavy atom. The number of fused-ring (bicyclic) bond motifs is 1. The quantitative estimate of drug-likeness (QED) is 0.725. The van der Waals surface area contributed by atoms with Crippen molar-refractivity contribution >= 4 is 27.5 Å². The van der Waals surface area contributed by atoms with E-state index in [2.05, 4.69) is 30.8 Å². The maximum atomic E-state index is 12.3. The topological polar surface area (TPSA) is 46.9 Å². The maximum absolute atomic E-state index is 12.3. The van der Waals surface area contributed by atoms with Crippen molar-refractivity contribution in [1.82, 2.24) is 9.55 Å². The van der Waals surface area contributed by atoms with E-state index >= 15 is 0 Å². The molecule has 2 aromatic carbocycles. The number of imidazole rings is 1. The number of aromatic nitrogens is 2. The zero-order chi connectivity index (χ0) is 16.5. The molecule has 4 nitrogen and oxygen atoms in total. The van der Waals surface area contributed by atoms with Crippen LogP contribution in [-0.2, 0) is 13.0 Å². The van der Waals surface area contributed by atoms with E-state index < -0.39 is 0 Å². The fraction of sp³-hybridized carbons (Fsp3) is 0.158. The Bertz CT molecular complexity index is 899. The Labute approximate surface area is 148 Å². The predicted octanol–water partition coefficient (Wildman–Crippen LogP) is 4.51. The average Bonchev–Trinajstić information content (AvgIpc) is 3.19. The van der Waals surface area contributed by atoms with Gasteiger partial charge in [0.1, 0.15) is 5.82 Å². The summed E-state index contributed by atoms with van der Waals surface area (Å²) in [4.78, 5) is 16.8. The minimum atomic E-state index is -0.125. The number of carbonyl (C=O) groups excluding carboxylic acids is 1. The Kier molecular flexibility index (Phi) is 3.94. The molecule has 0 saturated heterocycles. The zero-order valence-corrected chi connectivity index (χ0v) is 14.6. The minimum absolute atomic E-state index is 0.125. The monoisotopic (exact) mass is 381 g/mol. The number of carbonyl (C=O) groups is 1. The third kappa shape index (κ3) is 2.76. The molecule has 0 aliphatic carbocycles. The van der Waals surface area contributed by atoms with E-state index in [9.17, 15) is 4.79 Å². The van der Waals surface area contributed by atoms with E-state index in [0.717, 1.165) is 46.6 Å². The number of nitrogens with zero attached hydrogens (tertiary/aromatic N) is 2. The van der Waals surface area contributed by atoms with Crippen molar-refractivity contribution in [1.29, 1.82) is 0 Å². The van der Waals surface area contributed by atoms with Gasteiger partial charge in [0, 0.05) is 23.1 Å². The lowest BCUT2D eigenvalue weighted by Crippen LogP contribution is -2.12. The summed E-state index contributed by atoms with van der Waals surface area (Å²) in [5.74, 6) is 1.04. The molecule has 2 heterocycles. The first-order valence-corrected chi connectivity index (χ1v) is 8.72. The first-order chi connectivity index (χ1) is 11.7. The molecule has 120 valence electrons. The largest absolute Gasteiger partial charge is 0.328 e. The van der Waals surface area contributed by atoms with E-state index in [-0.39, 0.29) is 5.91 Å². The maximum Gasteiger partial charge on any atom is 0.256 e. The van der Waals surface area contributed by atoms with E-state index in [1.165, 1.54) is 0 Å². The number of anilines is 1. The fourth-order valence-corrected chi connectivity index (χ4v) is 3.52. The molecule has 0 spiro atoms. The van der Waals surface area contributed by atoms with Gasteiger partial charge >= 0.3 is 0 Å². The Morgan fingerprint density at radius 2 is 1.92 bits per heavy atom. The number of hydrogen-bond acceptors (Lipinski definition) is 2. The van der Waals surface area contributed by atoms with Crippen LogP contribution in [0.15, 0.2) is 59.2 Å². The number of benzene rings is 2. The normalized spacial score (nSPS) is 12.9. The van der Waals surface area contributed by atoms with E-state index in [1.54, 1.807) is 6.07 Å². The molecule has 1 aliphatic heterocycles. The van der Waals surface area contributed by atoms with Crippen LogP contribution in [0.3, 0.4) is 0 Å². The summed E-state index contributed by atoms with van der Waals surface area (Å²) in [6.45, 7) is 1.03. The number of hydrogen-bond donors (Lipinski definition) is 1. The highest BCUT2D eigenvalue weighted by Gasteiger charge is 2.16. The van der Waals surface area contributed by atoms with Gasteiger partial charge in [0.2, 0.25) is 0 Å². The van der Waals surface area contributed by atoms with Crippen molar-refractivity contribution in [2.45, 2.75) is 19.4 Å². The number of halogens is 1. The zero-order valence-electron chi connectivity index (χ0n) is 13.0. The van der Waals surface area contributed by atoms with Crippen molar-refractivity contribution in [3.8, 4) is 11.3 Å². The lowest BCUT2D eigenvalue weighted by Gasteiger charge is -2.09. The van der Waals surface area contributed by atoms with Gasteiger partial charge in [-0.1, -0.05) is 24.3 Å². The molecule has 0 saturated carbocycles. The van der Waals surface area contributed by atoms with Gasteiger partial charge in [-0.25, -0.2) is 4.98 Å². The molecule has 3 aromatic rings. The third-order valence-corrected chi connectivity index (χ3v) is 4.97. The van der Waals surface area contributed by atoms with E-state index in [4.69, 9.17) is 0 Å². The van der Waals surface area contributed by atoms with Crippen molar-refractivity contribution in [2.24, 2.45) is 0 Å². The summed E-state index contributed by atoms with van der Waals surface area (Å²) in [6, 6.07) is 15.3. The van der Waals surface area contributed by atoms with Gasteiger partial charge in [-0.15, -0.1) is 0 Å². The van der Waals surface area contributed by atoms with Crippen LogP contribution in [0.5, 0.6) is 0 Å². The summed E-state index contributed by atoms with van der Waals surface area (Å²) in [7, 11) is 0. The first kappa shape index (κ1) is 15.1. The molecule has 1 aliphatic rings. The number of nitrogens with one attached hydrogen (secondary N) is 1. The van der Waals surface area contributed by atoms with Gasteiger partial charge in [-0.2, -0.15) is 0 Å². The van der Waals surface area contributed by atoms with Crippen LogP contribution in [0.1, 0.15) is 22.6 Å². The van der Waals surface area contributed by atoms with Crippen LogP contribution in [0.4, 0.5) is 5.69 Å². The van der Waals surface area contributed by atoms with Crippen molar-refractivity contribution in [3.05, 3.63) is 70.6 Å². The number of aryl methyl sites for hydroxylation is 1. The Morgan fingerprint density at radius 1 is 1.12 bits per heavy atom. The van der Waals surface area contributed by atoms with Gasteiger partial charge < -0.3 is 9.88 Å². The van der Waals surface area contributed by atoms with Crippen LogP contribution in [0.25, 0.3) is 11.3 Å². The van der Waals surface area contributed by atoms with Crippen molar-refractivity contribution in [3.63, 3.8) is 0 Å². The lowest BCUT2D eigenvalue weighted by atomic mass is 10.1. The van der Waals surface area contributed by atoms with Crippen LogP contribution in [0.2, 0.25) is 0 Å². The molecule has 4 rings (SSSR count). The SMILES string of the molecule is O=C(Nc1ccc(-c2cnc3n2CCC3)cc1)c1ccccc1Br. The highest BCUT2D eigenvalue weighted by Crippen LogP contribution is 2.27. The molecule has 1 aromatic heterocycles. The standard InChI is InChI=1S/C19H16BrN3O/c20-16-5-2-1-4-15(16)19(24)22-14-9-7-13(8-10-14)17-12-21-18-6-3-11-23(17)18/h1-2,4-5,7-10,12H,3,6,11H2,(H,22,24). The molecule has 0 bridgehead atoms. The average molecular weight is 382 g/mol. The highest BCUT2D eigenvalue weighted by molar-refractivity contribution is 9.10. The minimum Gasteiger partial charge on any atom is -0.328 e. The fourth-order valence-electron chi connectivity index (χ4n) is 3.06. The van der Waals surface area contributed by atoms with Crippen LogP contribution < -0.4 is 5.32 Å². The summed E-state index contributed by atoms with van der Waals surface area (Å²) < 4.78 is 3.06. The molecule has 0 radical (unpaired) electrons. The van der Waals surface area contributed by atoms with Gasteiger partial charge in [0.05, 0.1) is 17.5 Å². The van der Waals surface area contributed by atoms with Gasteiger partial charge in [-0.3, -0.25) is 4.79 Å². The summed E-state index contributed by atoms with van der Waals surface area (Å²) in [6.07, 6.45) is 4.15. The molecule has 1 amide bonds. The molecule has 0 atom stereocenters. The molecule has 0 fully saturated rings. The third-order valence-electron chi connectivity index (χ3n) is 4.28. The molecule has 24 heavy (non-hydrogen) atoms. The van der Waals surface area contributed by atoms with Crippen molar-refractivity contribution in [2.75, 3.05) is 5.32 Å². The van der Waals surface area contributed by atoms with Crippen LogP contribution >= 0.6 is 15.9 Å². The second kappa shape index (κ2) is 6.24. The summed E-state index contributed by atoms with van der Waals surface area (Å²) in [5.41, 5.74) is 3.66. The number of amides is 1. The summed E-state index contributed by atoms with van der Waals surface area (Å²) >= 11 is 3.41. The van der Waals surface area contributed by atoms with Crippen LogP contribution in [0, 0.1) is 0 Å². The van der Waals surface area contributed by atoms with E-state index in [0.29, 0.717) is 5.56 Å². The van der Waals surface area contributed by atoms with Gasteiger partial charge in [0.15, 0.2) is 0 Å². The van der Waals surface area contributed by atoms with Gasteiger partial charge in [-0.05, 0) is 52.2 Å². The first-order valence-electron chi connectivity index (χ1n) is 7.93. The molecular formula is C19H16BrN3O. The van der Waals surface area contributed by atoms with Crippen molar-refractivity contribution < 1.29 is 4.79 Å². The lowest BCUT2D eigenvalue weighted by molar-refractivity contribution is 0.102. The Balaban J connectivity index is 1.54. The molecule has 1 N–H and O–H groups in total. The predicted molar refractivity (Wildman–Crippen MR) is 98.1 cm³/mol. The highest BCUT2D eigenvalue weighted by atomic mass is 79.9. The second-order valence-corrected chi connectivity index (χ2v) is 6.68. The van der Waals surface area contributed by atoms with Crippen LogP contribution in [-0.4, -0.2) is 15.5 Å². The Hall–Kier alpha value is -2.40. The van der Waals surface area contributed by atoms with Gasteiger partial charge in [0.25, 0.3) is 5.91 Å². The number of rotatable bonds is 3. The smallest absolute Gasteiger partial charge is 0.256 e. The van der Waals surface area contributed by atoms with E-state index in [1.807, 2.05) is 48.7 Å². The molecular weight excluding hydrogens is 366 g/mol. The molecule has 5 heteroatoms.